The molecule has 2 aliphatic rings. The second-order valence-corrected chi connectivity index (χ2v) is 8.75. The van der Waals surface area contributed by atoms with Gasteiger partial charge >= 0.3 is 0 Å². The van der Waals surface area contributed by atoms with E-state index in [1.165, 1.54) is 36.1 Å². The van der Waals surface area contributed by atoms with E-state index in [0.29, 0.717) is 17.3 Å². The van der Waals surface area contributed by atoms with Crippen molar-refractivity contribution in [2.75, 3.05) is 0 Å². The zero-order valence-corrected chi connectivity index (χ0v) is 15.0. The fourth-order valence-electron chi connectivity index (χ4n) is 3.81. The average Bonchev–Trinajstić information content (AvgIpc) is 3.03. The van der Waals surface area contributed by atoms with Gasteiger partial charge in [0.2, 0.25) is 5.88 Å². The molecule has 3 nitrogen and oxygen atoms in total. The first-order chi connectivity index (χ1) is 10.4. The third-order valence-corrected chi connectivity index (χ3v) is 6.35. The molecule has 1 atom stereocenters. The molecular weight excluding hydrogens is 292 g/mol. The first-order valence-corrected chi connectivity index (χ1v) is 9.22. The van der Waals surface area contributed by atoms with E-state index >= 15 is 0 Å². The molecule has 4 heteroatoms. The van der Waals surface area contributed by atoms with Gasteiger partial charge in [-0.3, -0.25) is 0 Å². The predicted molar refractivity (Wildman–Crippen MR) is 92.2 cm³/mol. The van der Waals surface area contributed by atoms with E-state index in [4.69, 9.17) is 10.6 Å². The number of aryl methyl sites for hydroxylation is 1. The third kappa shape index (κ3) is 3.04. The SMILES string of the molecule is Cc1ccsc1C1C=C(N)ON1C1CCC(C(C)(C)C)CC1. The summed E-state index contributed by atoms with van der Waals surface area (Å²) in [5.74, 6) is 1.37. The maximum Gasteiger partial charge on any atom is 0.207 e. The summed E-state index contributed by atoms with van der Waals surface area (Å²) < 4.78 is 0. The number of hydroxylamine groups is 2. The van der Waals surface area contributed by atoms with Gasteiger partial charge in [-0.05, 0) is 60.9 Å². The minimum Gasteiger partial charge on any atom is -0.387 e. The van der Waals surface area contributed by atoms with Gasteiger partial charge in [-0.25, -0.2) is 0 Å². The van der Waals surface area contributed by atoms with E-state index < -0.39 is 0 Å². The fourth-order valence-corrected chi connectivity index (χ4v) is 4.80. The summed E-state index contributed by atoms with van der Waals surface area (Å²) in [6.07, 6.45) is 7.02. The van der Waals surface area contributed by atoms with Crippen molar-refractivity contribution in [3.63, 3.8) is 0 Å². The van der Waals surface area contributed by atoms with Crippen LogP contribution in [0.2, 0.25) is 0 Å². The summed E-state index contributed by atoms with van der Waals surface area (Å²) in [5.41, 5.74) is 7.72. The van der Waals surface area contributed by atoms with Gasteiger partial charge in [0.05, 0.1) is 0 Å². The lowest BCUT2D eigenvalue weighted by Crippen LogP contribution is -2.39. The Kier molecular flexibility index (Phi) is 4.25. The van der Waals surface area contributed by atoms with Crippen LogP contribution in [-0.4, -0.2) is 11.1 Å². The zero-order valence-electron chi connectivity index (χ0n) is 14.1. The lowest BCUT2D eigenvalue weighted by Gasteiger charge is -2.40. The number of nitrogens with two attached hydrogens (primary N) is 1. The number of nitrogens with zero attached hydrogens (tertiary/aromatic N) is 1. The molecule has 1 unspecified atom stereocenters. The lowest BCUT2D eigenvalue weighted by molar-refractivity contribution is -0.162. The van der Waals surface area contributed by atoms with Crippen LogP contribution in [0, 0.1) is 18.3 Å². The number of hydrogen-bond acceptors (Lipinski definition) is 4. The standard InChI is InChI=1S/C18H28N2OS/c1-12-9-10-22-17(12)15-11-16(19)21-20(15)14-7-5-13(6-8-14)18(2,3)4/h9-11,13-15H,5-8,19H2,1-4H3. The molecule has 1 aromatic rings. The second-order valence-electron chi connectivity index (χ2n) is 7.80. The van der Waals surface area contributed by atoms with Gasteiger partial charge in [0, 0.05) is 17.0 Å². The van der Waals surface area contributed by atoms with Crippen molar-refractivity contribution in [3.05, 3.63) is 33.8 Å². The van der Waals surface area contributed by atoms with Crippen molar-refractivity contribution in [3.8, 4) is 0 Å². The Hall–Kier alpha value is -1.00. The molecule has 1 aliphatic heterocycles. The maximum absolute atomic E-state index is 5.98. The van der Waals surface area contributed by atoms with Gasteiger partial charge in [-0.15, -0.1) is 16.4 Å². The lowest BCUT2D eigenvalue weighted by atomic mass is 9.71. The molecule has 1 fully saturated rings. The third-order valence-electron chi connectivity index (χ3n) is 5.26. The van der Waals surface area contributed by atoms with Crippen molar-refractivity contribution in [1.29, 1.82) is 0 Å². The van der Waals surface area contributed by atoms with Crippen LogP contribution in [0.1, 0.15) is 62.9 Å². The summed E-state index contributed by atoms with van der Waals surface area (Å²) in [4.78, 5) is 7.25. The summed E-state index contributed by atoms with van der Waals surface area (Å²) in [6, 6.07) is 2.84. The smallest absolute Gasteiger partial charge is 0.207 e. The Morgan fingerprint density at radius 3 is 2.45 bits per heavy atom. The summed E-state index contributed by atoms with van der Waals surface area (Å²) in [6.45, 7) is 9.26. The monoisotopic (exact) mass is 320 g/mol. The summed E-state index contributed by atoms with van der Waals surface area (Å²) in [5, 5.41) is 4.31. The molecule has 2 N–H and O–H groups in total. The number of hydrogen-bond donors (Lipinski definition) is 1. The highest BCUT2D eigenvalue weighted by atomic mass is 32.1. The van der Waals surface area contributed by atoms with Gasteiger partial charge < -0.3 is 10.6 Å². The Balaban J connectivity index is 1.71. The van der Waals surface area contributed by atoms with Crippen LogP contribution in [0.4, 0.5) is 0 Å². The normalized spacial score (nSPS) is 30.2. The molecule has 0 spiro atoms. The quantitative estimate of drug-likeness (QED) is 0.854. The fraction of sp³-hybridized carbons (Fsp3) is 0.667. The molecule has 0 bridgehead atoms. The molecule has 122 valence electrons. The summed E-state index contributed by atoms with van der Waals surface area (Å²) in [7, 11) is 0. The Labute approximate surface area is 138 Å². The van der Waals surface area contributed by atoms with E-state index in [9.17, 15) is 0 Å². The molecule has 3 rings (SSSR count). The van der Waals surface area contributed by atoms with Crippen LogP contribution >= 0.6 is 11.3 Å². The largest absolute Gasteiger partial charge is 0.387 e. The summed E-state index contributed by atoms with van der Waals surface area (Å²) >= 11 is 1.80. The zero-order chi connectivity index (χ0) is 15.9. The molecule has 0 amide bonds. The second kappa shape index (κ2) is 5.89. The first kappa shape index (κ1) is 15.9. The average molecular weight is 321 g/mol. The molecular formula is C18H28N2OS. The Bertz CT molecular complexity index is 550. The maximum atomic E-state index is 5.98. The highest BCUT2D eigenvalue weighted by molar-refractivity contribution is 7.10. The highest BCUT2D eigenvalue weighted by Gasteiger charge is 2.38. The molecule has 0 aromatic carbocycles. The van der Waals surface area contributed by atoms with Crippen molar-refractivity contribution in [2.45, 2.75) is 65.5 Å². The molecule has 0 saturated heterocycles. The van der Waals surface area contributed by atoms with Gasteiger partial charge in [-0.1, -0.05) is 20.8 Å². The van der Waals surface area contributed by atoms with Crippen LogP contribution in [0.25, 0.3) is 0 Å². The van der Waals surface area contributed by atoms with E-state index in [2.05, 4.69) is 50.3 Å². The molecule has 2 heterocycles. The minimum absolute atomic E-state index is 0.191. The van der Waals surface area contributed by atoms with Crippen molar-refractivity contribution < 1.29 is 4.84 Å². The van der Waals surface area contributed by atoms with Crippen molar-refractivity contribution in [1.82, 2.24) is 5.06 Å². The van der Waals surface area contributed by atoms with Gasteiger partial charge in [-0.2, -0.15) is 0 Å². The predicted octanol–water partition coefficient (Wildman–Crippen LogP) is 4.75. The van der Waals surface area contributed by atoms with Crippen LogP contribution in [0.5, 0.6) is 0 Å². The van der Waals surface area contributed by atoms with Crippen LogP contribution < -0.4 is 5.73 Å². The van der Waals surface area contributed by atoms with E-state index in [0.717, 1.165) is 5.92 Å². The number of rotatable bonds is 2. The van der Waals surface area contributed by atoms with Crippen LogP contribution in [-0.2, 0) is 4.84 Å². The Morgan fingerprint density at radius 2 is 1.91 bits per heavy atom. The minimum atomic E-state index is 0.191. The van der Waals surface area contributed by atoms with Gasteiger partial charge in [0.15, 0.2) is 0 Å². The molecule has 1 saturated carbocycles. The van der Waals surface area contributed by atoms with Crippen molar-refractivity contribution in [2.24, 2.45) is 17.1 Å². The van der Waals surface area contributed by atoms with Crippen molar-refractivity contribution >= 4 is 11.3 Å². The van der Waals surface area contributed by atoms with Gasteiger partial charge in [0.25, 0.3) is 0 Å². The molecule has 1 aliphatic carbocycles. The molecule has 22 heavy (non-hydrogen) atoms. The van der Waals surface area contributed by atoms with E-state index in [1.54, 1.807) is 11.3 Å². The highest BCUT2D eigenvalue weighted by Crippen LogP contribution is 2.43. The van der Waals surface area contributed by atoms with Crippen LogP contribution in [0.3, 0.4) is 0 Å². The van der Waals surface area contributed by atoms with E-state index in [1.807, 2.05) is 0 Å². The van der Waals surface area contributed by atoms with E-state index in [-0.39, 0.29) is 6.04 Å². The number of thiophene rings is 1. The first-order valence-electron chi connectivity index (χ1n) is 8.34. The molecule has 0 radical (unpaired) electrons. The molecule has 1 aromatic heterocycles. The Morgan fingerprint density at radius 1 is 1.23 bits per heavy atom. The topological polar surface area (TPSA) is 38.5 Å². The van der Waals surface area contributed by atoms with Crippen LogP contribution in [0.15, 0.2) is 23.4 Å². The van der Waals surface area contributed by atoms with Gasteiger partial charge in [0.1, 0.15) is 6.04 Å².